The summed E-state index contributed by atoms with van der Waals surface area (Å²) in [6.07, 6.45) is 7.75. The molecule has 0 aromatic heterocycles. The summed E-state index contributed by atoms with van der Waals surface area (Å²) in [6, 6.07) is 14.3. The van der Waals surface area contributed by atoms with Gasteiger partial charge in [-0.25, -0.2) is 0 Å². The van der Waals surface area contributed by atoms with E-state index in [0.29, 0.717) is 23.8 Å². The van der Waals surface area contributed by atoms with Crippen LogP contribution < -0.4 is 15.4 Å². The molecule has 0 atom stereocenters. The van der Waals surface area contributed by atoms with Crippen LogP contribution in [0.3, 0.4) is 0 Å². The van der Waals surface area contributed by atoms with Crippen molar-refractivity contribution in [2.75, 3.05) is 11.9 Å². The number of hydrogen-bond acceptors (Lipinski definition) is 3. The van der Waals surface area contributed by atoms with E-state index in [1.807, 2.05) is 24.3 Å². The van der Waals surface area contributed by atoms with Crippen LogP contribution in [0, 0.1) is 18.3 Å². The lowest BCUT2D eigenvalue weighted by Crippen LogP contribution is -2.35. The Labute approximate surface area is 152 Å². The maximum Gasteiger partial charge on any atom is 0.313 e. The van der Waals surface area contributed by atoms with Gasteiger partial charge in [0.1, 0.15) is 5.75 Å². The van der Waals surface area contributed by atoms with Gasteiger partial charge in [-0.2, -0.15) is 0 Å². The fourth-order valence-corrected chi connectivity index (χ4v) is 2.41. The number of rotatable bonds is 6. The van der Waals surface area contributed by atoms with Crippen molar-refractivity contribution in [1.29, 1.82) is 0 Å². The van der Waals surface area contributed by atoms with Gasteiger partial charge >= 0.3 is 11.8 Å². The highest BCUT2D eigenvalue weighted by Crippen LogP contribution is 2.30. The summed E-state index contributed by atoms with van der Waals surface area (Å²) < 4.78 is 5.80. The molecule has 0 bridgehead atoms. The number of nitrogens with one attached hydrogen (secondary N) is 2. The second kappa shape index (κ2) is 8.21. The van der Waals surface area contributed by atoms with Crippen molar-refractivity contribution in [3.8, 4) is 18.1 Å². The molecule has 1 aliphatic rings. The minimum Gasteiger partial charge on any atom is -0.493 e. The van der Waals surface area contributed by atoms with Gasteiger partial charge in [-0.05, 0) is 43.0 Å². The average molecular weight is 348 g/mol. The molecular formula is C21H20N2O3. The first-order valence-corrected chi connectivity index (χ1v) is 8.52. The third-order valence-corrected chi connectivity index (χ3v) is 4.08. The highest BCUT2D eigenvalue weighted by atomic mass is 16.5. The molecule has 0 saturated heterocycles. The minimum atomic E-state index is -0.740. The van der Waals surface area contributed by atoms with E-state index in [1.165, 1.54) is 12.8 Å². The Morgan fingerprint density at radius 1 is 1.12 bits per heavy atom. The molecule has 5 nitrogen and oxygen atoms in total. The van der Waals surface area contributed by atoms with Crippen molar-refractivity contribution in [3.05, 3.63) is 59.7 Å². The first-order chi connectivity index (χ1) is 12.7. The SMILES string of the molecule is C#Cc1cccc(NC(=O)C(=O)NCc2ccccc2OCC2CC2)c1. The number of carbonyl (C=O) groups excluding carboxylic acids is 2. The van der Waals surface area contributed by atoms with Crippen LogP contribution in [0.25, 0.3) is 0 Å². The third kappa shape index (κ3) is 4.87. The normalized spacial score (nSPS) is 12.7. The fourth-order valence-electron chi connectivity index (χ4n) is 2.41. The van der Waals surface area contributed by atoms with Crippen LogP contribution in [0.5, 0.6) is 5.75 Å². The largest absolute Gasteiger partial charge is 0.493 e. The molecule has 2 N–H and O–H groups in total. The predicted octanol–water partition coefficient (Wildman–Crippen LogP) is 2.71. The molecule has 0 spiro atoms. The maximum atomic E-state index is 12.1. The number of anilines is 1. The molecule has 1 saturated carbocycles. The van der Waals surface area contributed by atoms with Crippen LogP contribution in [0.15, 0.2) is 48.5 Å². The lowest BCUT2D eigenvalue weighted by Gasteiger charge is -2.12. The molecule has 1 fully saturated rings. The lowest BCUT2D eigenvalue weighted by molar-refractivity contribution is -0.136. The lowest BCUT2D eigenvalue weighted by atomic mass is 10.2. The Hall–Kier alpha value is -3.26. The number of carbonyl (C=O) groups is 2. The summed E-state index contributed by atoms with van der Waals surface area (Å²) in [7, 11) is 0. The van der Waals surface area contributed by atoms with Gasteiger partial charge < -0.3 is 15.4 Å². The van der Waals surface area contributed by atoms with E-state index < -0.39 is 11.8 Å². The molecule has 2 aromatic rings. The maximum absolute atomic E-state index is 12.1. The summed E-state index contributed by atoms with van der Waals surface area (Å²) in [5.74, 6) is 2.40. The van der Waals surface area contributed by atoms with Gasteiger partial charge in [0.25, 0.3) is 0 Å². The zero-order valence-electron chi connectivity index (χ0n) is 14.3. The van der Waals surface area contributed by atoms with E-state index >= 15 is 0 Å². The topological polar surface area (TPSA) is 67.4 Å². The number of ether oxygens (including phenoxy) is 1. The minimum absolute atomic E-state index is 0.220. The Balaban J connectivity index is 1.54. The summed E-state index contributed by atoms with van der Waals surface area (Å²) >= 11 is 0. The van der Waals surface area contributed by atoms with E-state index in [0.717, 1.165) is 11.3 Å². The molecule has 0 aliphatic heterocycles. The van der Waals surface area contributed by atoms with Crippen LogP contribution in [-0.2, 0) is 16.1 Å². The molecule has 5 heteroatoms. The van der Waals surface area contributed by atoms with Crippen LogP contribution in [-0.4, -0.2) is 18.4 Å². The molecule has 3 rings (SSSR count). The molecule has 1 aliphatic carbocycles. The van der Waals surface area contributed by atoms with Gasteiger partial charge in [-0.3, -0.25) is 9.59 Å². The van der Waals surface area contributed by atoms with Crippen molar-refractivity contribution >= 4 is 17.5 Å². The summed E-state index contributed by atoms with van der Waals surface area (Å²) in [4.78, 5) is 24.1. The van der Waals surface area contributed by atoms with Crippen molar-refractivity contribution < 1.29 is 14.3 Å². The number of benzene rings is 2. The first-order valence-electron chi connectivity index (χ1n) is 8.52. The smallest absolute Gasteiger partial charge is 0.313 e. The van der Waals surface area contributed by atoms with Crippen molar-refractivity contribution in [3.63, 3.8) is 0 Å². The standard InChI is InChI=1S/C21H20N2O3/c1-2-15-6-5-8-18(12-15)23-21(25)20(24)22-13-17-7-3-4-9-19(17)26-14-16-10-11-16/h1,3-9,12,16H,10-11,13-14H2,(H,22,24)(H,23,25). The van der Waals surface area contributed by atoms with Gasteiger partial charge in [0.15, 0.2) is 0 Å². The second-order valence-electron chi connectivity index (χ2n) is 6.22. The van der Waals surface area contributed by atoms with Gasteiger partial charge in [-0.15, -0.1) is 6.42 Å². The molecule has 2 amide bonds. The summed E-state index contributed by atoms with van der Waals surface area (Å²) in [5.41, 5.74) is 1.95. The summed E-state index contributed by atoms with van der Waals surface area (Å²) in [6.45, 7) is 0.911. The van der Waals surface area contributed by atoms with Crippen LogP contribution in [0.2, 0.25) is 0 Å². The van der Waals surface area contributed by atoms with E-state index in [1.54, 1.807) is 24.3 Å². The highest BCUT2D eigenvalue weighted by molar-refractivity contribution is 6.39. The van der Waals surface area contributed by atoms with E-state index in [4.69, 9.17) is 11.2 Å². The van der Waals surface area contributed by atoms with Gasteiger partial charge in [0.05, 0.1) is 6.61 Å². The highest BCUT2D eigenvalue weighted by Gasteiger charge is 2.22. The molecule has 0 heterocycles. The fraction of sp³-hybridized carbons (Fsp3) is 0.238. The van der Waals surface area contributed by atoms with E-state index in [-0.39, 0.29) is 6.54 Å². The predicted molar refractivity (Wildman–Crippen MR) is 99.5 cm³/mol. The molecular weight excluding hydrogens is 328 g/mol. The van der Waals surface area contributed by atoms with Gasteiger partial charge in [0, 0.05) is 23.4 Å². The van der Waals surface area contributed by atoms with Crippen LogP contribution in [0.4, 0.5) is 5.69 Å². The van der Waals surface area contributed by atoms with Crippen molar-refractivity contribution in [2.24, 2.45) is 5.92 Å². The molecule has 0 radical (unpaired) electrons. The van der Waals surface area contributed by atoms with E-state index in [2.05, 4.69) is 16.6 Å². The number of amides is 2. The molecule has 0 unspecified atom stereocenters. The third-order valence-electron chi connectivity index (χ3n) is 4.08. The number of hydrogen-bond donors (Lipinski definition) is 2. The van der Waals surface area contributed by atoms with Crippen LogP contribution >= 0.6 is 0 Å². The second-order valence-corrected chi connectivity index (χ2v) is 6.22. The van der Waals surface area contributed by atoms with Crippen molar-refractivity contribution in [1.82, 2.24) is 5.32 Å². The Bertz CT molecular complexity index is 850. The Kier molecular flexibility index (Phi) is 5.55. The number of terminal acetylenes is 1. The molecule has 132 valence electrons. The monoisotopic (exact) mass is 348 g/mol. The van der Waals surface area contributed by atoms with E-state index in [9.17, 15) is 9.59 Å². The zero-order chi connectivity index (χ0) is 18.4. The number of para-hydroxylation sites is 1. The van der Waals surface area contributed by atoms with Crippen LogP contribution in [0.1, 0.15) is 24.0 Å². The molecule has 26 heavy (non-hydrogen) atoms. The first kappa shape index (κ1) is 17.6. The quantitative estimate of drug-likeness (QED) is 0.623. The van der Waals surface area contributed by atoms with Gasteiger partial charge in [-0.1, -0.05) is 30.2 Å². The average Bonchev–Trinajstić information content (AvgIpc) is 3.49. The Morgan fingerprint density at radius 2 is 1.92 bits per heavy atom. The summed E-state index contributed by atoms with van der Waals surface area (Å²) in [5, 5.41) is 5.16. The van der Waals surface area contributed by atoms with Crippen molar-refractivity contribution in [2.45, 2.75) is 19.4 Å². The van der Waals surface area contributed by atoms with Gasteiger partial charge in [0.2, 0.25) is 0 Å². The zero-order valence-corrected chi connectivity index (χ0v) is 14.3. The Morgan fingerprint density at radius 3 is 2.69 bits per heavy atom. The molecule has 2 aromatic carbocycles.